The number of benzene rings is 1. The average Bonchev–Trinajstić information content (AvgIpc) is 3.38. The van der Waals surface area contributed by atoms with Crippen LogP contribution in [-0.2, 0) is 24.1 Å². The zero-order valence-electron chi connectivity index (χ0n) is 21.2. The number of likely N-dealkylation sites (tertiary alicyclic amines) is 1. The van der Waals surface area contributed by atoms with Crippen molar-refractivity contribution in [1.82, 2.24) is 19.7 Å². The third kappa shape index (κ3) is 4.73. The molecular formula is C29H38N4O2. The maximum absolute atomic E-state index is 13.8. The summed E-state index contributed by atoms with van der Waals surface area (Å²) in [6.07, 6.45) is 9.79. The van der Waals surface area contributed by atoms with E-state index in [9.17, 15) is 9.59 Å². The first-order valence-corrected chi connectivity index (χ1v) is 13.3. The largest absolute Gasteiger partial charge is 0.327 e. The van der Waals surface area contributed by atoms with Gasteiger partial charge >= 0.3 is 6.03 Å². The highest BCUT2D eigenvalue weighted by atomic mass is 16.2. The maximum Gasteiger partial charge on any atom is 0.327 e. The van der Waals surface area contributed by atoms with Crippen molar-refractivity contribution in [1.29, 1.82) is 0 Å². The van der Waals surface area contributed by atoms with Crippen molar-refractivity contribution in [3.8, 4) is 0 Å². The second-order valence-corrected chi connectivity index (χ2v) is 10.9. The van der Waals surface area contributed by atoms with Crippen LogP contribution in [0.2, 0.25) is 0 Å². The lowest BCUT2D eigenvalue weighted by Crippen LogP contribution is -2.58. The highest BCUT2D eigenvalue weighted by Crippen LogP contribution is 2.39. The Labute approximate surface area is 209 Å². The Hall–Kier alpha value is -2.73. The van der Waals surface area contributed by atoms with Gasteiger partial charge in [-0.15, -0.1) is 0 Å². The summed E-state index contributed by atoms with van der Waals surface area (Å²) < 4.78 is 0. The summed E-state index contributed by atoms with van der Waals surface area (Å²) in [6, 6.07) is 13.2. The van der Waals surface area contributed by atoms with Crippen LogP contribution in [0, 0.1) is 5.92 Å². The fourth-order valence-electron chi connectivity index (χ4n) is 6.20. The molecule has 1 aromatic heterocycles. The van der Waals surface area contributed by atoms with E-state index in [1.54, 1.807) is 17.3 Å². The first-order valence-electron chi connectivity index (χ1n) is 13.3. The molecular weight excluding hydrogens is 436 g/mol. The minimum absolute atomic E-state index is 0.0374. The van der Waals surface area contributed by atoms with Gasteiger partial charge in [0.05, 0.1) is 0 Å². The normalized spacial score (nSPS) is 20.4. The van der Waals surface area contributed by atoms with Crippen LogP contribution < -0.4 is 0 Å². The number of imide groups is 1. The summed E-state index contributed by atoms with van der Waals surface area (Å²) in [5, 5.41) is 0. The molecule has 0 saturated carbocycles. The van der Waals surface area contributed by atoms with E-state index in [4.69, 9.17) is 0 Å². The molecule has 0 atom stereocenters. The first kappa shape index (κ1) is 24.0. The van der Waals surface area contributed by atoms with Gasteiger partial charge in [-0.05, 0) is 79.7 Å². The van der Waals surface area contributed by atoms with Crippen LogP contribution in [0.25, 0.3) is 0 Å². The summed E-state index contributed by atoms with van der Waals surface area (Å²) in [5.74, 6) is 0.531. The predicted molar refractivity (Wildman–Crippen MR) is 137 cm³/mol. The van der Waals surface area contributed by atoms with Crippen LogP contribution in [-0.4, -0.2) is 69.4 Å². The number of hydrogen-bond donors (Lipinski definition) is 0. The first-order chi connectivity index (χ1) is 17.0. The summed E-state index contributed by atoms with van der Waals surface area (Å²) in [7, 11) is 0. The number of rotatable bonds is 8. The summed E-state index contributed by atoms with van der Waals surface area (Å²) in [4.78, 5) is 37.5. The van der Waals surface area contributed by atoms with Crippen LogP contribution in [0.5, 0.6) is 0 Å². The highest BCUT2D eigenvalue weighted by molar-refractivity contribution is 6.07. The Morgan fingerprint density at radius 1 is 0.971 bits per heavy atom. The molecule has 6 heteroatoms. The van der Waals surface area contributed by atoms with Crippen LogP contribution in [0.3, 0.4) is 0 Å². The Morgan fingerprint density at radius 3 is 2.26 bits per heavy atom. The van der Waals surface area contributed by atoms with E-state index in [2.05, 4.69) is 48.0 Å². The number of carbonyl (C=O) groups excluding carboxylic acids is 2. The average molecular weight is 475 g/mol. The van der Waals surface area contributed by atoms with Gasteiger partial charge in [-0.3, -0.25) is 19.6 Å². The third-order valence-electron chi connectivity index (χ3n) is 8.32. The van der Waals surface area contributed by atoms with Crippen molar-refractivity contribution < 1.29 is 9.59 Å². The Bertz CT molecular complexity index is 1020. The molecule has 2 aromatic rings. The highest BCUT2D eigenvalue weighted by Gasteiger charge is 2.57. The number of piperidine rings is 1. The van der Waals surface area contributed by atoms with Gasteiger partial charge in [-0.1, -0.05) is 38.1 Å². The van der Waals surface area contributed by atoms with Crippen molar-refractivity contribution >= 4 is 11.9 Å². The van der Waals surface area contributed by atoms with E-state index < -0.39 is 5.54 Å². The van der Waals surface area contributed by atoms with Gasteiger partial charge in [-0.25, -0.2) is 4.79 Å². The van der Waals surface area contributed by atoms with Gasteiger partial charge in [0.15, 0.2) is 0 Å². The molecule has 3 amide bonds. The van der Waals surface area contributed by atoms with E-state index in [0.29, 0.717) is 25.0 Å². The molecule has 0 bridgehead atoms. The van der Waals surface area contributed by atoms with Crippen molar-refractivity contribution in [2.24, 2.45) is 5.92 Å². The van der Waals surface area contributed by atoms with Crippen molar-refractivity contribution in [2.75, 3.05) is 26.2 Å². The molecule has 186 valence electrons. The zero-order chi connectivity index (χ0) is 24.4. The fraction of sp³-hybridized carbons (Fsp3) is 0.552. The minimum Gasteiger partial charge on any atom is -0.309 e. The standard InChI is InChI=1S/C29H38N4O2/c1-22(2)11-17-33-28(35)32(16-5-6-23-9-14-30-15-10-23)27(34)29(33)12-18-31(19-13-29)26-20-24-7-3-4-8-25(24)21-26/h3-4,7-10,14-15,22,26H,5-6,11-13,16-21H2,1-2H3. The molecule has 0 unspecified atom stereocenters. The van der Waals surface area contributed by atoms with Gasteiger partial charge in [-0.2, -0.15) is 0 Å². The minimum atomic E-state index is -0.662. The van der Waals surface area contributed by atoms with Crippen LogP contribution in [0.15, 0.2) is 48.8 Å². The third-order valence-corrected chi connectivity index (χ3v) is 8.32. The number of aryl methyl sites for hydroxylation is 1. The number of nitrogens with zero attached hydrogens (tertiary/aromatic N) is 4. The van der Waals surface area contributed by atoms with E-state index in [1.165, 1.54) is 16.7 Å². The number of urea groups is 1. The Balaban J connectivity index is 1.26. The summed E-state index contributed by atoms with van der Waals surface area (Å²) in [6.45, 7) is 7.27. The Morgan fingerprint density at radius 2 is 1.63 bits per heavy atom. The predicted octanol–water partition coefficient (Wildman–Crippen LogP) is 4.33. The van der Waals surface area contributed by atoms with E-state index in [-0.39, 0.29) is 11.9 Å². The van der Waals surface area contributed by atoms with Gasteiger partial charge in [0, 0.05) is 44.6 Å². The molecule has 0 N–H and O–H groups in total. The topological polar surface area (TPSA) is 56.8 Å². The lowest BCUT2D eigenvalue weighted by molar-refractivity contribution is -0.136. The molecule has 6 nitrogen and oxygen atoms in total. The van der Waals surface area contributed by atoms with Gasteiger partial charge < -0.3 is 4.90 Å². The molecule has 2 aliphatic heterocycles. The van der Waals surface area contributed by atoms with Crippen LogP contribution in [0.1, 0.15) is 56.2 Å². The molecule has 3 aliphatic rings. The van der Waals surface area contributed by atoms with Crippen molar-refractivity contribution in [2.45, 2.75) is 70.4 Å². The quantitative estimate of drug-likeness (QED) is 0.535. The number of pyridine rings is 1. The molecule has 2 fully saturated rings. The van der Waals surface area contributed by atoms with E-state index in [1.807, 2.05) is 17.0 Å². The second-order valence-electron chi connectivity index (χ2n) is 10.9. The van der Waals surface area contributed by atoms with Gasteiger partial charge in [0.2, 0.25) is 0 Å². The number of hydrogen-bond acceptors (Lipinski definition) is 4. The van der Waals surface area contributed by atoms with Crippen molar-refractivity contribution in [3.05, 3.63) is 65.5 Å². The maximum atomic E-state index is 13.8. The summed E-state index contributed by atoms with van der Waals surface area (Å²) in [5.41, 5.74) is 3.45. The molecule has 2 saturated heterocycles. The zero-order valence-corrected chi connectivity index (χ0v) is 21.2. The number of carbonyl (C=O) groups is 2. The van der Waals surface area contributed by atoms with E-state index >= 15 is 0 Å². The number of aromatic nitrogens is 1. The van der Waals surface area contributed by atoms with Gasteiger partial charge in [0.1, 0.15) is 5.54 Å². The van der Waals surface area contributed by atoms with Crippen LogP contribution >= 0.6 is 0 Å². The molecule has 5 rings (SSSR count). The molecule has 1 aliphatic carbocycles. The van der Waals surface area contributed by atoms with Crippen molar-refractivity contribution in [3.63, 3.8) is 0 Å². The SMILES string of the molecule is CC(C)CCN1C(=O)N(CCCc2ccncc2)C(=O)C12CCN(C1Cc3ccccc3C1)CC2. The molecule has 1 aromatic carbocycles. The lowest BCUT2D eigenvalue weighted by Gasteiger charge is -2.44. The fourth-order valence-corrected chi connectivity index (χ4v) is 6.20. The monoisotopic (exact) mass is 474 g/mol. The summed E-state index contributed by atoms with van der Waals surface area (Å²) >= 11 is 0. The van der Waals surface area contributed by atoms with E-state index in [0.717, 1.165) is 58.0 Å². The smallest absolute Gasteiger partial charge is 0.309 e. The Kier molecular flexibility index (Phi) is 6.92. The van der Waals surface area contributed by atoms with Gasteiger partial charge in [0.25, 0.3) is 5.91 Å². The molecule has 0 radical (unpaired) electrons. The molecule has 35 heavy (non-hydrogen) atoms. The molecule has 1 spiro atoms. The van der Waals surface area contributed by atoms with Crippen LogP contribution in [0.4, 0.5) is 4.79 Å². The number of amides is 3. The second kappa shape index (κ2) is 10.1. The lowest BCUT2D eigenvalue weighted by atomic mass is 9.84. The number of fused-ring (bicyclic) bond motifs is 1. The molecule has 3 heterocycles.